The first kappa shape index (κ1) is 15.0. The lowest BCUT2D eigenvalue weighted by Crippen LogP contribution is -2.03. The highest BCUT2D eigenvalue weighted by Crippen LogP contribution is 2.21. The van der Waals surface area contributed by atoms with Gasteiger partial charge in [0.25, 0.3) is 0 Å². The van der Waals surface area contributed by atoms with Gasteiger partial charge in [-0.25, -0.2) is 9.18 Å². The minimum atomic E-state index is -1.09. The van der Waals surface area contributed by atoms with Crippen molar-refractivity contribution in [2.45, 2.75) is 26.4 Å². The lowest BCUT2D eigenvalue weighted by Gasteiger charge is -2.11. The monoisotopic (exact) mass is 288 g/mol. The maximum atomic E-state index is 13.7. The van der Waals surface area contributed by atoms with E-state index in [4.69, 9.17) is 9.84 Å². The maximum absolute atomic E-state index is 13.7. The quantitative estimate of drug-likeness (QED) is 0.895. The SMILES string of the molecule is CC(C)c1cccc(OCc2cc(C(=O)O)ccc2F)c1. The Kier molecular flexibility index (Phi) is 4.58. The van der Waals surface area contributed by atoms with Crippen molar-refractivity contribution in [2.75, 3.05) is 0 Å². The lowest BCUT2D eigenvalue weighted by atomic mass is 10.0. The molecule has 0 aliphatic rings. The van der Waals surface area contributed by atoms with Crippen molar-refractivity contribution >= 4 is 5.97 Å². The summed E-state index contributed by atoms with van der Waals surface area (Å²) in [5.41, 5.74) is 1.41. The molecule has 0 saturated carbocycles. The van der Waals surface area contributed by atoms with Crippen molar-refractivity contribution in [3.05, 3.63) is 65.0 Å². The Morgan fingerprint density at radius 1 is 1.24 bits per heavy atom. The zero-order valence-electron chi connectivity index (χ0n) is 12.0. The minimum Gasteiger partial charge on any atom is -0.489 e. The number of hydrogen-bond donors (Lipinski definition) is 1. The van der Waals surface area contributed by atoms with Crippen LogP contribution in [0.25, 0.3) is 0 Å². The van der Waals surface area contributed by atoms with Crippen molar-refractivity contribution in [1.29, 1.82) is 0 Å². The van der Waals surface area contributed by atoms with Crippen LogP contribution in [0.15, 0.2) is 42.5 Å². The van der Waals surface area contributed by atoms with Crippen molar-refractivity contribution in [3.8, 4) is 5.75 Å². The first-order valence-electron chi connectivity index (χ1n) is 6.72. The highest BCUT2D eigenvalue weighted by Gasteiger charge is 2.09. The molecule has 0 saturated heterocycles. The molecule has 0 fully saturated rings. The summed E-state index contributed by atoms with van der Waals surface area (Å²) in [4.78, 5) is 10.9. The van der Waals surface area contributed by atoms with Gasteiger partial charge in [-0.1, -0.05) is 26.0 Å². The van der Waals surface area contributed by atoms with Gasteiger partial charge in [-0.3, -0.25) is 0 Å². The van der Waals surface area contributed by atoms with Crippen LogP contribution in [0.3, 0.4) is 0 Å². The average Bonchev–Trinajstić information content (AvgIpc) is 2.46. The largest absolute Gasteiger partial charge is 0.489 e. The van der Waals surface area contributed by atoms with Crippen molar-refractivity contribution in [2.24, 2.45) is 0 Å². The molecule has 3 nitrogen and oxygen atoms in total. The molecular weight excluding hydrogens is 271 g/mol. The molecule has 2 aromatic carbocycles. The molecule has 0 heterocycles. The summed E-state index contributed by atoms with van der Waals surface area (Å²) in [6, 6.07) is 11.3. The second-order valence-corrected chi connectivity index (χ2v) is 5.13. The van der Waals surface area contributed by atoms with E-state index in [1.165, 1.54) is 12.1 Å². The molecule has 0 aliphatic heterocycles. The number of rotatable bonds is 5. The van der Waals surface area contributed by atoms with Crippen LogP contribution in [0.2, 0.25) is 0 Å². The zero-order valence-corrected chi connectivity index (χ0v) is 12.0. The summed E-state index contributed by atoms with van der Waals surface area (Å²) < 4.78 is 19.2. The Balaban J connectivity index is 2.14. The predicted octanol–water partition coefficient (Wildman–Crippen LogP) is 4.23. The highest BCUT2D eigenvalue weighted by atomic mass is 19.1. The van der Waals surface area contributed by atoms with Gasteiger partial charge in [0.15, 0.2) is 0 Å². The molecule has 0 radical (unpaired) electrons. The normalized spacial score (nSPS) is 10.7. The first-order chi connectivity index (χ1) is 9.97. The molecular formula is C17H17FO3. The van der Waals surface area contributed by atoms with Crippen molar-refractivity contribution in [3.63, 3.8) is 0 Å². The summed E-state index contributed by atoms with van der Waals surface area (Å²) in [5.74, 6) is -0.542. The molecule has 0 atom stereocenters. The number of benzene rings is 2. The smallest absolute Gasteiger partial charge is 0.335 e. The highest BCUT2D eigenvalue weighted by molar-refractivity contribution is 5.87. The lowest BCUT2D eigenvalue weighted by molar-refractivity contribution is 0.0696. The summed E-state index contributed by atoms with van der Waals surface area (Å²) in [6.45, 7) is 4.15. The fourth-order valence-corrected chi connectivity index (χ4v) is 1.94. The van der Waals surface area contributed by atoms with E-state index in [2.05, 4.69) is 13.8 Å². The molecule has 21 heavy (non-hydrogen) atoms. The van der Waals surface area contributed by atoms with E-state index in [1.807, 2.05) is 18.2 Å². The molecule has 0 spiro atoms. The Hall–Kier alpha value is -2.36. The molecule has 0 bridgehead atoms. The Morgan fingerprint density at radius 2 is 2.00 bits per heavy atom. The summed E-state index contributed by atoms with van der Waals surface area (Å²) >= 11 is 0. The number of carbonyl (C=O) groups is 1. The van der Waals surface area contributed by atoms with E-state index >= 15 is 0 Å². The maximum Gasteiger partial charge on any atom is 0.335 e. The molecule has 0 aromatic heterocycles. The number of hydrogen-bond acceptors (Lipinski definition) is 2. The molecule has 1 N–H and O–H groups in total. The summed E-state index contributed by atoms with van der Waals surface area (Å²) in [7, 11) is 0. The van der Waals surface area contributed by atoms with Gasteiger partial charge >= 0.3 is 5.97 Å². The number of aromatic carboxylic acids is 1. The average molecular weight is 288 g/mol. The number of carboxylic acids is 1. The zero-order chi connectivity index (χ0) is 15.4. The second kappa shape index (κ2) is 6.39. The van der Waals surface area contributed by atoms with Crippen molar-refractivity contribution < 1.29 is 19.0 Å². The van der Waals surface area contributed by atoms with Crippen LogP contribution >= 0.6 is 0 Å². The molecule has 0 unspecified atom stereocenters. The summed E-state index contributed by atoms with van der Waals surface area (Å²) in [5, 5.41) is 8.92. The Labute approximate surface area is 123 Å². The van der Waals surface area contributed by atoms with Crippen LogP contribution in [-0.2, 0) is 6.61 Å². The van der Waals surface area contributed by atoms with Crippen LogP contribution in [0.4, 0.5) is 4.39 Å². The van der Waals surface area contributed by atoms with Crippen LogP contribution in [0, 0.1) is 5.82 Å². The Bertz CT molecular complexity index is 650. The van der Waals surface area contributed by atoms with E-state index in [9.17, 15) is 9.18 Å². The third-order valence-corrected chi connectivity index (χ3v) is 3.21. The van der Waals surface area contributed by atoms with E-state index in [0.717, 1.165) is 11.6 Å². The van der Waals surface area contributed by atoms with Gasteiger partial charge < -0.3 is 9.84 Å². The van der Waals surface area contributed by atoms with Gasteiger partial charge in [0, 0.05) is 5.56 Å². The number of ether oxygens (including phenoxy) is 1. The van der Waals surface area contributed by atoms with Gasteiger partial charge in [0.1, 0.15) is 18.2 Å². The van der Waals surface area contributed by atoms with E-state index in [0.29, 0.717) is 11.7 Å². The van der Waals surface area contributed by atoms with Gasteiger partial charge in [-0.05, 0) is 41.8 Å². The predicted molar refractivity (Wildman–Crippen MR) is 78.2 cm³/mol. The van der Waals surface area contributed by atoms with Gasteiger partial charge in [-0.2, -0.15) is 0 Å². The molecule has 0 aliphatic carbocycles. The van der Waals surface area contributed by atoms with Crippen LogP contribution in [0.5, 0.6) is 5.75 Å². The third-order valence-electron chi connectivity index (χ3n) is 3.21. The first-order valence-corrected chi connectivity index (χ1v) is 6.72. The van der Waals surface area contributed by atoms with E-state index in [-0.39, 0.29) is 17.7 Å². The standard InChI is InChI=1S/C17H17FO3/c1-11(2)12-4-3-5-15(9-12)21-10-14-8-13(17(19)20)6-7-16(14)18/h3-9,11H,10H2,1-2H3,(H,19,20). The van der Waals surface area contributed by atoms with E-state index in [1.54, 1.807) is 6.07 Å². The minimum absolute atomic E-state index is 0.00545. The fraction of sp³-hybridized carbons (Fsp3) is 0.235. The van der Waals surface area contributed by atoms with Gasteiger partial charge in [0.2, 0.25) is 0 Å². The van der Waals surface area contributed by atoms with Crippen LogP contribution in [-0.4, -0.2) is 11.1 Å². The molecule has 0 amide bonds. The van der Waals surface area contributed by atoms with Crippen LogP contribution in [0.1, 0.15) is 41.3 Å². The molecule has 4 heteroatoms. The summed E-state index contributed by atoms with van der Waals surface area (Å²) in [6.07, 6.45) is 0. The van der Waals surface area contributed by atoms with Crippen LogP contribution < -0.4 is 4.74 Å². The number of carboxylic acid groups (broad SMARTS) is 1. The fourth-order valence-electron chi connectivity index (χ4n) is 1.94. The Morgan fingerprint density at radius 3 is 2.67 bits per heavy atom. The molecule has 2 rings (SSSR count). The van der Waals surface area contributed by atoms with Gasteiger partial charge in [-0.15, -0.1) is 0 Å². The molecule has 2 aromatic rings. The number of halogens is 1. The van der Waals surface area contributed by atoms with Crippen molar-refractivity contribution in [1.82, 2.24) is 0 Å². The second-order valence-electron chi connectivity index (χ2n) is 5.13. The van der Waals surface area contributed by atoms with Gasteiger partial charge in [0.05, 0.1) is 5.56 Å². The third kappa shape index (κ3) is 3.81. The van der Waals surface area contributed by atoms with E-state index < -0.39 is 11.8 Å². The molecule has 110 valence electrons. The topological polar surface area (TPSA) is 46.5 Å².